The normalized spacial score (nSPS) is 14.2. The predicted molar refractivity (Wildman–Crippen MR) is 124 cm³/mol. The number of hydrogen-bond acceptors (Lipinski definition) is 6. The van der Waals surface area contributed by atoms with Crippen LogP contribution in [-0.4, -0.2) is 23.3 Å². The molecule has 2 aromatic carbocycles. The molecule has 32 heavy (non-hydrogen) atoms. The summed E-state index contributed by atoms with van der Waals surface area (Å²) in [7, 11) is 2.05. The number of nitrogens with zero attached hydrogens (tertiary/aromatic N) is 2. The monoisotopic (exact) mass is 464 g/mol. The topological polar surface area (TPSA) is 59.1 Å². The summed E-state index contributed by atoms with van der Waals surface area (Å²) in [4.78, 5) is 0. The van der Waals surface area contributed by atoms with Gasteiger partial charge < -0.3 is 14.8 Å². The highest BCUT2D eigenvalue weighted by molar-refractivity contribution is 7.75. The predicted octanol–water partition coefficient (Wildman–Crippen LogP) is 5.94. The van der Waals surface area contributed by atoms with Crippen molar-refractivity contribution in [3.8, 4) is 5.75 Å². The summed E-state index contributed by atoms with van der Waals surface area (Å²) < 4.78 is 44.0. The third-order valence-corrected chi connectivity index (χ3v) is 5.91. The van der Waals surface area contributed by atoms with Crippen LogP contribution in [0.4, 0.5) is 19.0 Å². The van der Waals surface area contributed by atoms with Crippen LogP contribution in [0.3, 0.4) is 0 Å². The van der Waals surface area contributed by atoms with Gasteiger partial charge in [0.05, 0.1) is 11.8 Å². The molecule has 1 fully saturated rings. The summed E-state index contributed by atoms with van der Waals surface area (Å²) in [5.74, 6) is 0.990. The van der Waals surface area contributed by atoms with Crippen LogP contribution < -0.4 is 14.8 Å². The fraction of sp³-hybridized carbons (Fsp3) is 0.391. The Kier molecular flexibility index (Phi) is 8.20. The molecule has 9 heteroatoms. The first-order chi connectivity index (χ1) is 15.3. The van der Waals surface area contributed by atoms with E-state index in [4.69, 9.17) is 4.18 Å². The molecular formula is C23H27F3N4OS. The van der Waals surface area contributed by atoms with Crippen LogP contribution in [0.25, 0.3) is 10.8 Å². The second-order valence-electron chi connectivity index (χ2n) is 7.74. The van der Waals surface area contributed by atoms with Crippen molar-refractivity contribution in [3.05, 3.63) is 59.3 Å². The molecular weight excluding hydrogens is 437 g/mol. The summed E-state index contributed by atoms with van der Waals surface area (Å²) in [6, 6.07) is 10.2. The van der Waals surface area contributed by atoms with E-state index in [1.165, 1.54) is 38.7 Å². The van der Waals surface area contributed by atoms with Gasteiger partial charge in [-0.2, -0.15) is 18.3 Å². The van der Waals surface area contributed by atoms with Gasteiger partial charge in [-0.3, -0.25) is 0 Å². The van der Waals surface area contributed by atoms with Crippen molar-refractivity contribution in [2.24, 2.45) is 0 Å². The molecule has 0 amide bonds. The largest absolute Gasteiger partial charge is 0.429 e. The number of thiol groups is 1. The Balaban J connectivity index is 0.000000352. The number of halogens is 3. The Hall–Kier alpha value is -2.52. The highest BCUT2D eigenvalue weighted by Crippen LogP contribution is 2.33. The van der Waals surface area contributed by atoms with Crippen molar-refractivity contribution in [1.82, 2.24) is 15.5 Å². The van der Waals surface area contributed by atoms with E-state index in [2.05, 4.69) is 40.8 Å². The Morgan fingerprint density at radius 1 is 1.16 bits per heavy atom. The van der Waals surface area contributed by atoms with E-state index in [-0.39, 0.29) is 12.1 Å². The van der Waals surface area contributed by atoms with E-state index in [9.17, 15) is 13.2 Å². The average molecular weight is 465 g/mol. The first-order valence-corrected chi connectivity index (χ1v) is 10.8. The first kappa shape index (κ1) is 24.1. The van der Waals surface area contributed by atoms with Gasteiger partial charge in [-0.05, 0) is 62.2 Å². The van der Waals surface area contributed by atoms with Crippen molar-refractivity contribution < 1.29 is 17.4 Å². The van der Waals surface area contributed by atoms with Crippen molar-refractivity contribution in [1.29, 1.82) is 0 Å². The number of nitrogens with one attached hydrogen (secondary N) is 2. The molecule has 0 spiro atoms. The van der Waals surface area contributed by atoms with Gasteiger partial charge in [0, 0.05) is 36.3 Å². The van der Waals surface area contributed by atoms with Gasteiger partial charge in [-0.15, -0.1) is 5.10 Å². The van der Waals surface area contributed by atoms with Crippen LogP contribution in [-0.2, 0) is 12.7 Å². The highest BCUT2D eigenvalue weighted by atomic mass is 32.1. The molecule has 1 aliphatic carbocycles. The number of fused-ring (bicyclic) bond motifs is 1. The number of anilines is 1. The van der Waals surface area contributed by atoms with E-state index in [0.29, 0.717) is 17.1 Å². The molecule has 1 aromatic heterocycles. The molecule has 5 nitrogen and oxygen atoms in total. The SMILES string of the molecule is CNC1CCCC1.Cc1c(CNc2nncc3ccc(OS)cc23)cccc1C(F)(F)F. The number of hydrogen-bond donors (Lipinski definition) is 3. The molecule has 0 unspecified atom stereocenters. The number of aromatic nitrogens is 2. The van der Waals surface area contributed by atoms with Gasteiger partial charge >= 0.3 is 6.18 Å². The van der Waals surface area contributed by atoms with E-state index in [0.717, 1.165) is 22.9 Å². The maximum atomic E-state index is 13.0. The third-order valence-electron chi connectivity index (χ3n) is 5.70. The molecule has 1 saturated carbocycles. The Bertz CT molecular complexity index is 1040. The summed E-state index contributed by atoms with van der Waals surface area (Å²) in [6.07, 6.45) is 2.89. The molecule has 1 heterocycles. The van der Waals surface area contributed by atoms with E-state index in [1.807, 2.05) is 0 Å². The molecule has 0 bridgehead atoms. The minimum Gasteiger partial charge on any atom is -0.429 e. The Morgan fingerprint density at radius 2 is 1.91 bits per heavy atom. The molecule has 0 atom stereocenters. The van der Waals surface area contributed by atoms with Crippen LogP contribution in [0.2, 0.25) is 0 Å². The second kappa shape index (κ2) is 10.9. The summed E-state index contributed by atoms with van der Waals surface area (Å²) in [5, 5.41) is 15.8. The summed E-state index contributed by atoms with van der Waals surface area (Å²) in [5.41, 5.74) is 0.0897. The van der Waals surface area contributed by atoms with Crippen molar-refractivity contribution >= 4 is 29.5 Å². The standard InChI is InChI=1S/C17H14F3N3OS.C6H13N/c1-10-11(3-2-4-15(10)17(18,19)20)8-21-16-14-7-13(24-25)6-5-12(14)9-22-23-16;1-7-6-4-2-3-5-6/h2-7,9,25H,8H2,1H3,(H,21,23);6-7H,2-5H2,1H3. The van der Waals surface area contributed by atoms with Crippen molar-refractivity contribution in [2.75, 3.05) is 12.4 Å². The van der Waals surface area contributed by atoms with Crippen molar-refractivity contribution in [2.45, 2.75) is 51.4 Å². The van der Waals surface area contributed by atoms with E-state index in [1.54, 1.807) is 30.5 Å². The molecule has 0 radical (unpaired) electrons. The molecule has 4 rings (SSSR count). The number of rotatable bonds is 5. The lowest BCUT2D eigenvalue weighted by Crippen LogP contribution is -2.20. The zero-order valence-corrected chi connectivity index (χ0v) is 18.9. The van der Waals surface area contributed by atoms with Crippen LogP contribution >= 0.6 is 12.9 Å². The van der Waals surface area contributed by atoms with Gasteiger partial charge in [0.25, 0.3) is 0 Å². The summed E-state index contributed by atoms with van der Waals surface area (Å²) >= 11 is 3.77. The van der Waals surface area contributed by atoms with E-state index >= 15 is 0 Å². The minimum absolute atomic E-state index is 0.190. The Labute approximate surface area is 191 Å². The first-order valence-electron chi connectivity index (χ1n) is 10.5. The molecule has 0 aliphatic heterocycles. The fourth-order valence-corrected chi connectivity index (χ4v) is 3.93. The van der Waals surface area contributed by atoms with Crippen LogP contribution in [0.1, 0.15) is 42.4 Å². The van der Waals surface area contributed by atoms with Gasteiger partial charge in [0.2, 0.25) is 0 Å². The maximum absolute atomic E-state index is 13.0. The Morgan fingerprint density at radius 3 is 2.53 bits per heavy atom. The maximum Gasteiger partial charge on any atom is 0.416 e. The van der Waals surface area contributed by atoms with Gasteiger partial charge in [0.15, 0.2) is 5.82 Å². The zero-order chi connectivity index (χ0) is 23.1. The number of alkyl halides is 3. The molecule has 3 aromatic rings. The lowest BCUT2D eigenvalue weighted by molar-refractivity contribution is -0.138. The number of benzene rings is 2. The van der Waals surface area contributed by atoms with E-state index < -0.39 is 11.7 Å². The van der Waals surface area contributed by atoms with Gasteiger partial charge in [-0.1, -0.05) is 25.0 Å². The quantitative estimate of drug-likeness (QED) is 0.322. The fourth-order valence-electron chi connectivity index (χ4n) is 3.82. The van der Waals surface area contributed by atoms with Crippen LogP contribution in [0.5, 0.6) is 5.75 Å². The summed E-state index contributed by atoms with van der Waals surface area (Å²) in [6.45, 7) is 1.65. The minimum atomic E-state index is -4.38. The van der Waals surface area contributed by atoms with Gasteiger partial charge in [-0.25, -0.2) is 0 Å². The van der Waals surface area contributed by atoms with Crippen LogP contribution in [0.15, 0.2) is 42.6 Å². The lowest BCUT2D eigenvalue weighted by atomic mass is 10.0. The molecule has 172 valence electrons. The second-order valence-corrected chi connectivity index (χ2v) is 7.93. The van der Waals surface area contributed by atoms with Crippen LogP contribution in [0, 0.1) is 6.92 Å². The van der Waals surface area contributed by atoms with Crippen molar-refractivity contribution in [3.63, 3.8) is 0 Å². The average Bonchev–Trinajstić information content (AvgIpc) is 3.32. The third kappa shape index (κ3) is 6.04. The zero-order valence-electron chi connectivity index (χ0n) is 18.0. The molecule has 2 N–H and O–H groups in total. The lowest BCUT2D eigenvalue weighted by Gasteiger charge is -2.15. The highest BCUT2D eigenvalue weighted by Gasteiger charge is 2.32. The molecule has 0 saturated heterocycles. The smallest absolute Gasteiger partial charge is 0.416 e. The molecule has 1 aliphatic rings. The van der Waals surface area contributed by atoms with Gasteiger partial charge in [0.1, 0.15) is 5.75 Å².